The summed E-state index contributed by atoms with van der Waals surface area (Å²) in [7, 11) is 0. The Morgan fingerprint density at radius 2 is 2.00 bits per heavy atom. The zero-order valence-electron chi connectivity index (χ0n) is 18.5. The number of nitrogens with two attached hydrogens (primary N) is 1. The van der Waals surface area contributed by atoms with Gasteiger partial charge in [0.2, 0.25) is 5.91 Å². The normalized spacial score (nSPS) is 17.9. The van der Waals surface area contributed by atoms with E-state index in [1.165, 1.54) is 0 Å². The first-order valence-corrected chi connectivity index (χ1v) is 12.3. The van der Waals surface area contributed by atoms with Crippen molar-refractivity contribution in [2.45, 2.75) is 50.8 Å². The third kappa shape index (κ3) is 7.84. The predicted molar refractivity (Wildman–Crippen MR) is 129 cm³/mol. The van der Waals surface area contributed by atoms with Gasteiger partial charge in [0.1, 0.15) is 17.1 Å². The second-order valence-electron chi connectivity index (χ2n) is 8.78. The largest absolute Gasteiger partial charge is 0.598 e. The first kappa shape index (κ1) is 26.3. The van der Waals surface area contributed by atoms with Gasteiger partial charge in [-0.05, 0) is 58.7 Å². The Balaban J connectivity index is 2.31. The monoisotopic (exact) mass is 489 g/mol. The van der Waals surface area contributed by atoms with Crippen LogP contribution in [0.15, 0.2) is 24.8 Å². The molecule has 1 aromatic carbocycles. The molecule has 31 heavy (non-hydrogen) atoms. The van der Waals surface area contributed by atoms with Gasteiger partial charge >= 0.3 is 0 Å². The zero-order chi connectivity index (χ0) is 23.2. The molecule has 0 saturated carbocycles. The number of halogens is 2. The average molecular weight is 490 g/mol. The molecule has 1 fully saturated rings. The minimum absolute atomic E-state index is 0.208. The summed E-state index contributed by atoms with van der Waals surface area (Å²) < 4.78 is 21.8. The van der Waals surface area contributed by atoms with E-state index in [2.05, 4.69) is 16.2 Å². The van der Waals surface area contributed by atoms with Crippen molar-refractivity contribution in [3.8, 4) is 5.75 Å². The Morgan fingerprint density at radius 3 is 2.55 bits per heavy atom. The number of carbonyl (C=O) groups excluding carboxylic acids is 1. The van der Waals surface area contributed by atoms with Gasteiger partial charge in [0, 0.05) is 36.0 Å². The Bertz CT molecular complexity index is 765. The number of amides is 1. The Morgan fingerprint density at radius 1 is 1.39 bits per heavy atom. The predicted octanol–water partition coefficient (Wildman–Crippen LogP) is 4.24. The summed E-state index contributed by atoms with van der Waals surface area (Å²) >= 11 is 11.3. The van der Waals surface area contributed by atoms with Crippen molar-refractivity contribution in [2.24, 2.45) is 11.7 Å². The van der Waals surface area contributed by atoms with Crippen molar-refractivity contribution in [1.29, 1.82) is 0 Å². The number of ether oxygens (including phenoxy) is 1. The fourth-order valence-corrected chi connectivity index (χ4v) is 4.77. The number of benzene rings is 1. The lowest BCUT2D eigenvalue weighted by molar-refractivity contribution is -0.118. The third-order valence-corrected chi connectivity index (χ3v) is 7.62. The molecule has 2 rings (SSSR count). The summed E-state index contributed by atoms with van der Waals surface area (Å²) in [5, 5.41) is 0.830. The smallest absolute Gasteiger partial charge is 0.218 e. The Labute approximate surface area is 198 Å². The van der Waals surface area contributed by atoms with E-state index >= 15 is 0 Å². The number of rotatable bonds is 10. The summed E-state index contributed by atoms with van der Waals surface area (Å²) in [6, 6.07) is 3.28. The van der Waals surface area contributed by atoms with Crippen LogP contribution in [0.3, 0.4) is 0 Å². The average Bonchev–Trinajstić information content (AvgIpc) is 2.70. The van der Waals surface area contributed by atoms with Crippen LogP contribution < -0.4 is 15.2 Å². The maximum atomic E-state index is 13.0. The lowest BCUT2D eigenvalue weighted by Gasteiger charge is -2.38. The highest BCUT2D eigenvalue weighted by atomic mass is 35.5. The van der Waals surface area contributed by atoms with E-state index in [1.807, 2.05) is 20.8 Å². The molecule has 1 heterocycles. The number of carbonyl (C=O) groups is 1. The standard InChI is InChI=1S/C22H33Cl2N3O3S/c1-5-12-30-19-14-18(24)17(23)13-16(19)21(26-31(29)22(2,3)4)15-6-9-27(10-7-15)11-8-20(25)28/h5,13-15,21,26H,1,6-12H2,2-4H3,(H2,25,28). The molecular weight excluding hydrogens is 457 g/mol. The van der Waals surface area contributed by atoms with Crippen molar-refractivity contribution in [2.75, 3.05) is 26.2 Å². The number of nitrogens with one attached hydrogen (secondary N) is 1. The van der Waals surface area contributed by atoms with Gasteiger partial charge in [0.25, 0.3) is 0 Å². The van der Waals surface area contributed by atoms with E-state index in [-0.39, 0.29) is 17.9 Å². The molecule has 2 atom stereocenters. The number of hydrogen-bond donors (Lipinski definition) is 2. The van der Waals surface area contributed by atoms with Crippen LogP contribution in [0, 0.1) is 5.92 Å². The summed E-state index contributed by atoms with van der Waals surface area (Å²) in [6.07, 6.45) is 3.77. The van der Waals surface area contributed by atoms with Gasteiger partial charge in [-0.25, -0.2) is 0 Å². The van der Waals surface area contributed by atoms with E-state index in [0.29, 0.717) is 35.4 Å². The molecule has 2 unspecified atom stereocenters. The van der Waals surface area contributed by atoms with Crippen molar-refractivity contribution in [3.05, 3.63) is 40.4 Å². The third-order valence-electron chi connectivity index (χ3n) is 5.31. The van der Waals surface area contributed by atoms with Gasteiger partial charge in [-0.15, -0.1) is 4.72 Å². The van der Waals surface area contributed by atoms with E-state index < -0.39 is 16.1 Å². The minimum atomic E-state index is -1.29. The van der Waals surface area contributed by atoms with Crippen LogP contribution in [0.25, 0.3) is 0 Å². The molecule has 0 spiro atoms. The number of hydrogen-bond acceptors (Lipinski definition) is 5. The molecule has 0 aliphatic carbocycles. The minimum Gasteiger partial charge on any atom is -0.598 e. The van der Waals surface area contributed by atoms with Crippen molar-refractivity contribution in [3.63, 3.8) is 0 Å². The maximum Gasteiger partial charge on any atom is 0.218 e. The molecule has 174 valence electrons. The van der Waals surface area contributed by atoms with E-state index in [0.717, 1.165) is 31.5 Å². The molecule has 1 aromatic rings. The first-order chi connectivity index (χ1) is 14.5. The van der Waals surface area contributed by atoms with Crippen molar-refractivity contribution >= 4 is 40.5 Å². The number of likely N-dealkylation sites (tertiary alicyclic amines) is 1. The van der Waals surface area contributed by atoms with Crippen LogP contribution in [0.1, 0.15) is 51.6 Å². The highest BCUT2D eigenvalue weighted by Gasteiger charge is 2.36. The summed E-state index contributed by atoms with van der Waals surface area (Å²) in [5.41, 5.74) is 6.12. The van der Waals surface area contributed by atoms with Gasteiger partial charge in [-0.1, -0.05) is 35.9 Å². The molecule has 1 amide bonds. The highest BCUT2D eigenvalue weighted by molar-refractivity contribution is 7.90. The van der Waals surface area contributed by atoms with Crippen LogP contribution in [-0.2, 0) is 16.2 Å². The molecule has 0 bridgehead atoms. The molecule has 0 radical (unpaired) electrons. The second-order valence-corrected chi connectivity index (χ2v) is 11.6. The fraction of sp³-hybridized carbons (Fsp3) is 0.591. The van der Waals surface area contributed by atoms with Crippen LogP contribution in [-0.4, -0.2) is 46.3 Å². The van der Waals surface area contributed by atoms with Gasteiger partial charge in [0.15, 0.2) is 0 Å². The quantitative estimate of drug-likeness (QED) is 0.378. The Hall–Kier alpha value is -0.960. The van der Waals surface area contributed by atoms with Crippen LogP contribution in [0.5, 0.6) is 5.75 Å². The van der Waals surface area contributed by atoms with Gasteiger partial charge < -0.3 is 19.9 Å². The summed E-state index contributed by atoms with van der Waals surface area (Å²) in [5.74, 6) is 0.523. The SMILES string of the molecule is C=CCOc1cc(Cl)c(Cl)cc1C(N[S+]([O-])C(C)(C)C)C1CCN(CCC(N)=O)CC1. The molecule has 9 heteroatoms. The van der Waals surface area contributed by atoms with E-state index in [4.69, 9.17) is 33.7 Å². The lowest BCUT2D eigenvalue weighted by Crippen LogP contribution is -2.46. The summed E-state index contributed by atoms with van der Waals surface area (Å²) in [6.45, 7) is 12.2. The van der Waals surface area contributed by atoms with Crippen LogP contribution >= 0.6 is 23.2 Å². The van der Waals surface area contributed by atoms with Crippen molar-refractivity contribution in [1.82, 2.24) is 9.62 Å². The highest BCUT2D eigenvalue weighted by Crippen LogP contribution is 2.40. The topological polar surface area (TPSA) is 90.7 Å². The van der Waals surface area contributed by atoms with E-state index in [9.17, 15) is 9.35 Å². The molecule has 6 nitrogen and oxygen atoms in total. The maximum absolute atomic E-state index is 13.0. The molecule has 1 saturated heterocycles. The van der Waals surface area contributed by atoms with Crippen LogP contribution in [0.4, 0.5) is 0 Å². The molecular formula is C22H33Cl2N3O3S. The molecule has 0 aromatic heterocycles. The first-order valence-electron chi connectivity index (χ1n) is 10.4. The Kier molecular flexibility index (Phi) is 9.98. The number of nitrogens with zero attached hydrogens (tertiary/aromatic N) is 1. The lowest BCUT2D eigenvalue weighted by atomic mass is 9.85. The molecule has 1 aliphatic rings. The summed E-state index contributed by atoms with van der Waals surface area (Å²) in [4.78, 5) is 13.3. The molecule has 1 aliphatic heterocycles. The fourth-order valence-electron chi connectivity index (χ4n) is 3.54. The van der Waals surface area contributed by atoms with Gasteiger partial charge in [0.05, 0.1) is 16.1 Å². The zero-order valence-corrected chi connectivity index (χ0v) is 20.8. The van der Waals surface area contributed by atoms with E-state index in [1.54, 1.807) is 18.2 Å². The number of piperidine rings is 1. The molecule has 3 N–H and O–H groups in total. The van der Waals surface area contributed by atoms with Gasteiger partial charge in [-0.2, -0.15) is 0 Å². The van der Waals surface area contributed by atoms with Gasteiger partial charge in [-0.3, -0.25) is 4.79 Å². The van der Waals surface area contributed by atoms with Crippen LogP contribution in [0.2, 0.25) is 10.0 Å². The second kappa shape index (κ2) is 11.8. The number of primary amides is 1. The van der Waals surface area contributed by atoms with Crippen molar-refractivity contribution < 1.29 is 14.1 Å².